The van der Waals surface area contributed by atoms with Crippen LogP contribution in [0.25, 0.3) is 0 Å². The van der Waals surface area contributed by atoms with Gasteiger partial charge in [-0.25, -0.2) is 8.42 Å². The Kier molecular flexibility index (Phi) is 7.03. The molecule has 0 spiro atoms. The molecule has 3 saturated heterocycles. The fourth-order valence-electron chi connectivity index (χ4n) is 6.42. The zero-order valence-corrected chi connectivity index (χ0v) is 24.0. The molecule has 40 heavy (non-hydrogen) atoms. The molecular formula is C30H35N3O5S2. The number of piperidine rings is 1. The molecule has 8 nitrogen and oxygen atoms in total. The topological polar surface area (TPSA) is 101 Å². The summed E-state index contributed by atoms with van der Waals surface area (Å²) in [6.45, 7) is 4.15. The van der Waals surface area contributed by atoms with Crippen LogP contribution >= 0.6 is 11.8 Å². The standard InChI is InChI=1S/C30H35N3O5S2/c34-28(32-29-31-25-12-15-33(19-26(25)39-29)18-20-4-2-1-3-5-20)30(27(38-30)21-13-16-37-17-14-21)22-6-8-23(9-7-22)40(35,36)24-10-11-24/h1-9,21,24-27H,10-19H2,(H,31,32,34)/t25?,26?,27-,30+/m0/s1. The number of ether oxygens (including phenoxy) is 2. The number of carbonyl (C=O) groups is 1. The summed E-state index contributed by atoms with van der Waals surface area (Å²) in [5.41, 5.74) is 0.868. The second-order valence-electron chi connectivity index (χ2n) is 11.6. The molecule has 1 amide bonds. The maximum absolute atomic E-state index is 14.0. The van der Waals surface area contributed by atoms with Gasteiger partial charge in [-0.3, -0.25) is 14.7 Å². The van der Waals surface area contributed by atoms with Gasteiger partial charge >= 0.3 is 0 Å². The van der Waals surface area contributed by atoms with Gasteiger partial charge in [0.05, 0.1) is 16.2 Å². The minimum absolute atomic E-state index is 0.196. The minimum atomic E-state index is -3.30. The molecule has 0 bridgehead atoms. The van der Waals surface area contributed by atoms with E-state index >= 15 is 0 Å². The number of likely N-dealkylation sites (tertiary alicyclic amines) is 1. The number of hydrogen-bond acceptors (Lipinski definition) is 8. The van der Waals surface area contributed by atoms with Gasteiger partial charge in [-0.05, 0) is 61.3 Å². The van der Waals surface area contributed by atoms with Crippen molar-refractivity contribution >= 4 is 32.7 Å². The normalized spacial score (nSPS) is 30.9. The lowest BCUT2D eigenvalue weighted by Crippen LogP contribution is -2.42. The van der Waals surface area contributed by atoms with Crippen LogP contribution in [-0.2, 0) is 36.3 Å². The number of thioether (sulfide) groups is 1. The molecule has 1 saturated carbocycles. The SMILES string of the molecule is O=C(NC1=NC2CCN(Cc3ccccc3)CC2S1)[C@]1(c2ccc(S(=O)(=O)C3CC3)cc2)O[C@H]1C1CCOCC1. The molecule has 4 atom stereocenters. The van der Waals surface area contributed by atoms with E-state index in [4.69, 9.17) is 14.5 Å². The zero-order valence-electron chi connectivity index (χ0n) is 22.4. The molecule has 4 aliphatic heterocycles. The van der Waals surface area contributed by atoms with E-state index in [-0.39, 0.29) is 29.2 Å². The summed E-state index contributed by atoms with van der Waals surface area (Å²) in [6, 6.07) is 17.5. The van der Waals surface area contributed by atoms with E-state index in [1.807, 2.05) is 6.07 Å². The van der Waals surface area contributed by atoms with Crippen LogP contribution in [0.1, 0.15) is 43.2 Å². The van der Waals surface area contributed by atoms with Gasteiger partial charge in [-0.15, -0.1) is 0 Å². The van der Waals surface area contributed by atoms with Crippen LogP contribution in [0.4, 0.5) is 0 Å². The lowest BCUT2D eigenvalue weighted by molar-refractivity contribution is -0.125. The van der Waals surface area contributed by atoms with Crippen molar-refractivity contribution in [1.82, 2.24) is 10.2 Å². The Morgan fingerprint density at radius 3 is 2.50 bits per heavy atom. The molecule has 0 radical (unpaired) electrons. The molecule has 10 heteroatoms. The van der Waals surface area contributed by atoms with E-state index in [0.717, 1.165) is 51.7 Å². The summed E-state index contributed by atoms with van der Waals surface area (Å²) in [7, 11) is -3.30. The summed E-state index contributed by atoms with van der Waals surface area (Å²) >= 11 is 1.65. The first kappa shape index (κ1) is 26.6. The molecule has 0 aromatic heterocycles. The lowest BCUT2D eigenvalue weighted by Gasteiger charge is -2.33. The fourth-order valence-corrected chi connectivity index (χ4v) is 9.35. The van der Waals surface area contributed by atoms with Crippen molar-refractivity contribution in [3.05, 3.63) is 65.7 Å². The highest BCUT2D eigenvalue weighted by atomic mass is 32.2. The average Bonchev–Trinajstić information content (AvgIpc) is 3.90. The van der Waals surface area contributed by atoms with Gasteiger partial charge in [0.2, 0.25) is 0 Å². The Morgan fingerprint density at radius 2 is 1.77 bits per heavy atom. The summed E-state index contributed by atoms with van der Waals surface area (Å²) in [6.07, 6.45) is 3.81. The largest absolute Gasteiger partial charge is 0.381 e. The maximum atomic E-state index is 14.0. The van der Waals surface area contributed by atoms with E-state index in [2.05, 4.69) is 34.5 Å². The van der Waals surface area contributed by atoms with Gasteiger partial charge < -0.3 is 14.8 Å². The predicted molar refractivity (Wildman–Crippen MR) is 154 cm³/mol. The predicted octanol–water partition coefficient (Wildman–Crippen LogP) is 3.51. The number of aliphatic imine (C=N–C) groups is 1. The van der Waals surface area contributed by atoms with Crippen LogP contribution in [-0.4, -0.2) is 73.3 Å². The van der Waals surface area contributed by atoms with Gasteiger partial charge in [0.25, 0.3) is 5.91 Å². The highest BCUT2D eigenvalue weighted by Gasteiger charge is 2.66. The number of rotatable bonds is 7. The van der Waals surface area contributed by atoms with Crippen molar-refractivity contribution in [2.75, 3.05) is 26.3 Å². The van der Waals surface area contributed by atoms with E-state index in [1.165, 1.54) is 5.56 Å². The molecule has 1 N–H and O–H groups in total. The number of nitrogens with one attached hydrogen (secondary N) is 1. The molecule has 1 aliphatic carbocycles. The molecule has 4 fully saturated rings. The second kappa shape index (κ2) is 10.5. The number of amides is 1. The van der Waals surface area contributed by atoms with Gasteiger partial charge in [-0.2, -0.15) is 0 Å². The number of sulfone groups is 1. The smallest absolute Gasteiger partial charge is 0.265 e. The van der Waals surface area contributed by atoms with E-state index in [1.54, 1.807) is 36.0 Å². The van der Waals surface area contributed by atoms with Crippen molar-refractivity contribution in [1.29, 1.82) is 0 Å². The Labute approximate surface area is 239 Å². The molecule has 2 aromatic rings. The highest BCUT2D eigenvalue weighted by Crippen LogP contribution is 2.53. The molecule has 5 aliphatic rings. The van der Waals surface area contributed by atoms with Crippen LogP contribution in [0.15, 0.2) is 64.5 Å². The maximum Gasteiger partial charge on any atom is 0.265 e. The zero-order chi connectivity index (χ0) is 27.3. The highest BCUT2D eigenvalue weighted by molar-refractivity contribution is 8.14. The van der Waals surface area contributed by atoms with Crippen LogP contribution in [0.2, 0.25) is 0 Å². The van der Waals surface area contributed by atoms with Crippen molar-refractivity contribution in [3.8, 4) is 0 Å². The first-order chi connectivity index (χ1) is 19.4. The van der Waals surface area contributed by atoms with Crippen LogP contribution in [0, 0.1) is 5.92 Å². The Morgan fingerprint density at radius 1 is 1.02 bits per heavy atom. The first-order valence-corrected chi connectivity index (χ1v) is 16.8. The second-order valence-corrected chi connectivity index (χ2v) is 15.1. The van der Waals surface area contributed by atoms with Crippen LogP contribution in [0.5, 0.6) is 0 Å². The van der Waals surface area contributed by atoms with Crippen LogP contribution in [0.3, 0.4) is 0 Å². The third-order valence-electron chi connectivity index (χ3n) is 8.89. The minimum Gasteiger partial charge on any atom is -0.381 e. The van der Waals surface area contributed by atoms with E-state index in [0.29, 0.717) is 34.1 Å². The van der Waals surface area contributed by atoms with Crippen molar-refractivity contribution in [2.45, 2.75) is 71.8 Å². The number of nitrogens with zero attached hydrogens (tertiary/aromatic N) is 2. The van der Waals surface area contributed by atoms with Gasteiger partial charge in [-0.1, -0.05) is 54.2 Å². The number of hydrogen-bond donors (Lipinski definition) is 1. The number of fused-ring (bicyclic) bond motifs is 1. The monoisotopic (exact) mass is 581 g/mol. The Bertz CT molecular complexity index is 1390. The van der Waals surface area contributed by atoms with Crippen LogP contribution < -0.4 is 5.32 Å². The summed E-state index contributed by atoms with van der Waals surface area (Å²) < 4.78 is 37.4. The molecule has 2 unspecified atom stereocenters. The molecular weight excluding hydrogens is 546 g/mol. The number of benzene rings is 2. The third kappa shape index (κ3) is 5.02. The van der Waals surface area contributed by atoms with Gasteiger partial charge in [0.1, 0.15) is 6.10 Å². The van der Waals surface area contributed by atoms with E-state index < -0.39 is 15.4 Å². The van der Waals surface area contributed by atoms with E-state index in [9.17, 15) is 13.2 Å². The quantitative estimate of drug-likeness (QED) is 0.500. The van der Waals surface area contributed by atoms with Crippen molar-refractivity contribution in [3.63, 3.8) is 0 Å². The summed E-state index contributed by atoms with van der Waals surface area (Å²) in [5.74, 6) is -0.00509. The first-order valence-electron chi connectivity index (χ1n) is 14.4. The van der Waals surface area contributed by atoms with Crippen molar-refractivity contribution < 1.29 is 22.7 Å². The number of carbonyl (C=O) groups excluding carboxylic acids is 1. The molecule has 7 rings (SSSR count). The Hall–Kier alpha value is -2.24. The third-order valence-corrected chi connectivity index (χ3v) is 12.4. The molecule has 4 heterocycles. The number of epoxide rings is 1. The summed E-state index contributed by atoms with van der Waals surface area (Å²) in [5, 5.41) is 3.82. The summed E-state index contributed by atoms with van der Waals surface area (Å²) in [4.78, 5) is 21.6. The van der Waals surface area contributed by atoms with Gasteiger partial charge in [0.15, 0.2) is 20.6 Å². The number of amidine groups is 1. The average molecular weight is 582 g/mol. The van der Waals surface area contributed by atoms with Crippen molar-refractivity contribution in [2.24, 2.45) is 10.9 Å². The lowest BCUT2D eigenvalue weighted by atomic mass is 9.84. The Balaban J connectivity index is 1.06. The van der Waals surface area contributed by atoms with Gasteiger partial charge in [0, 0.05) is 38.1 Å². The fraction of sp³-hybridized carbons (Fsp3) is 0.533. The molecule has 2 aromatic carbocycles. The molecule has 212 valence electrons.